The zero-order chi connectivity index (χ0) is 15.6. The lowest BCUT2D eigenvalue weighted by Gasteiger charge is -2.29. The van der Waals surface area contributed by atoms with Crippen molar-refractivity contribution in [3.8, 4) is 0 Å². The second-order valence-electron chi connectivity index (χ2n) is 5.18. The number of amidine groups is 1. The highest BCUT2D eigenvalue weighted by atomic mass is 127. The van der Waals surface area contributed by atoms with E-state index in [4.69, 9.17) is 10.4 Å². The Morgan fingerprint density at radius 3 is 2.22 bits per heavy atom. The number of hydrogen-bond donors (Lipinski definition) is 0. The van der Waals surface area contributed by atoms with Gasteiger partial charge < -0.3 is 0 Å². The Morgan fingerprint density at radius 1 is 0.783 bits per heavy atom. The number of nitrogens with zero attached hydrogens (tertiary/aromatic N) is 3. The van der Waals surface area contributed by atoms with E-state index in [1.807, 2.05) is 59.6 Å². The molecule has 0 unspecified atom stereocenters. The molecule has 0 aromatic heterocycles. The molecule has 0 atom stereocenters. The zero-order valence-electron chi connectivity index (χ0n) is 12.2. The van der Waals surface area contributed by atoms with Crippen LogP contribution in [0.25, 0.3) is 0 Å². The van der Waals surface area contributed by atoms with Crippen LogP contribution in [0, 0.1) is 3.57 Å². The van der Waals surface area contributed by atoms with Gasteiger partial charge in [-0.3, -0.25) is 0 Å². The van der Waals surface area contributed by atoms with Crippen LogP contribution in [0.1, 0.15) is 5.56 Å². The summed E-state index contributed by atoms with van der Waals surface area (Å²) >= 11 is 2.32. The van der Waals surface area contributed by atoms with Crippen LogP contribution in [0.2, 0.25) is 0 Å². The molecule has 4 rings (SSSR count). The molecule has 1 aliphatic heterocycles. The van der Waals surface area contributed by atoms with Crippen molar-refractivity contribution in [1.82, 2.24) is 5.43 Å². The average molecular weight is 410 g/mol. The largest absolute Gasteiger partial charge is 0.229 e. The third kappa shape index (κ3) is 2.82. The van der Waals surface area contributed by atoms with Crippen molar-refractivity contribution >= 4 is 45.5 Å². The number of benzene rings is 3. The van der Waals surface area contributed by atoms with Gasteiger partial charge in [-0.2, -0.15) is 0 Å². The van der Waals surface area contributed by atoms with Gasteiger partial charge in [0.25, 0.3) is 0 Å². The lowest BCUT2D eigenvalue weighted by Crippen LogP contribution is -2.35. The van der Waals surface area contributed by atoms with E-state index in [1.165, 1.54) is 0 Å². The van der Waals surface area contributed by atoms with Crippen molar-refractivity contribution in [3.05, 3.63) is 88.0 Å². The second-order valence-corrected chi connectivity index (χ2v) is 6.43. The van der Waals surface area contributed by atoms with Crippen LogP contribution in [0.5, 0.6) is 0 Å². The summed E-state index contributed by atoms with van der Waals surface area (Å²) in [6.07, 6.45) is 0. The van der Waals surface area contributed by atoms with Gasteiger partial charge in [0.15, 0.2) is 5.84 Å². The molecule has 1 heterocycles. The fourth-order valence-corrected chi connectivity index (χ4v) is 3.00. The fraction of sp³-hybridized carbons (Fsp3) is 0. The molecular formula is C19H13IN3. The number of fused-ring (bicyclic) bond motifs is 1. The van der Waals surface area contributed by atoms with Crippen molar-refractivity contribution in [2.75, 3.05) is 5.01 Å². The minimum Gasteiger partial charge on any atom is -0.229 e. The Hall–Kier alpha value is -2.34. The number of para-hydroxylation sites is 1. The van der Waals surface area contributed by atoms with Crippen molar-refractivity contribution in [2.45, 2.75) is 0 Å². The third-order valence-corrected chi connectivity index (χ3v) is 4.29. The van der Waals surface area contributed by atoms with Crippen LogP contribution in [0.3, 0.4) is 0 Å². The van der Waals surface area contributed by atoms with Crippen LogP contribution in [0.15, 0.2) is 83.9 Å². The van der Waals surface area contributed by atoms with Crippen molar-refractivity contribution < 1.29 is 0 Å². The smallest absolute Gasteiger partial charge is 0.180 e. The summed E-state index contributed by atoms with van der Waals surface area (Å²) in [5.74, 6) is 0.725. The van der Waals surface area contributed by atoms with E-state index in [0.717, 1.165) is 32.0 Å². The number of rotatable bonds is 2. The Morgan fingerprint density at radius 2 is 1.48 bits per heavy atom. The summed E-state index contributed by atoms with van der Waals surface area (Å²) in [5, 5.41) is 1.97. The molecule has 0 bridgehead atoms. The van der Waals surface area contributed by atoms with E-state index in [2.05, 4.69) is 46.9 Å². The fourth-order valence-electron chi connectivity index (χ4n) is 2.52. The quantitative estimate of drug-likeness (QED) is 0.545. The van der Waals surface area contributed by atoms with E-state index >= 15 is 0 Å². The predicted molar refractivity (Wildman–Crippen MR) is 103 cm³/mol. The maximum atomic E-state index is 4.78. The van der Waals surface area contributed by atoms with E-state index in [0.29, 0.717) is 0 Å². The normalized spacial score (nSPS) is 13.1. The van der Waals surface area contributed by atoms with Gasteiger partial charge in [-0.25, -0.2) is 10.0 Å². The molecule has 4 heteroatoms. The minimum absolute atomic E-state index is 0.725. The van der Waals surface area contributed by atoms with Crippen molar-refractivity contribution in [2.24, 2.45) is 4.99 Å². The van der Waals surface area contributed by atoms with E-state index in [-0.39, 0.29) is 0 Å². The predicted octanol–water partition coefficient (Wildman–Crippen LogP) is 5.04. The Labute approximate surface area is 148 Å². The molecule has 0 amide bonds. The topological polar surface area (TPSA) is 29.7 Å². The lowest BCUT2D eigenvalue weighted by atomic mass is 10.1. The monoisotopic (exact) mass is 410 g/mol. The molecule has 0 aliphatic carbocycles. The summed E-state index contributed by atoms with van der Waals surface area (Å²) in [7, 11) is 0. The van der Waals surface area contributed by atoms with Crippen LogP contribution in [-0.2, 0) is 0 Å². The molecule has 3 aromatic rings. The van der Waals surface area contributed by atoms with E-state index < -0.39 is 0 Å². The maximum absolute atomic E-state index is 4.78. The molecule has 111 valence electrons. The first kappa shape index (κ1) is 14.3. The number of anilines is 2. The van der Waals surface area contributed by atoms with Crippen molar-refractivity contribution in [1.29, 1.82) is 0 Å². The minimum atomic E-state index is 0.725. The van der Waals surface area contributed by atoms with Crippen LogP contribution >= 0.6 is 22.6 Å². The molecule has 0 fully saturated rings. The molecular weight excluding hydrogens is 397 g/mol. The summed E-state index contributed by atoms with van der Waals surface area (Å²) < 4.78 is 1.16. The molecule has 23 heavy (non-hydrogen) atoms. The van der Waals surface area contributed by atoms with Gasteiger partial charge in [0, 0.05) is 9.13 Å². The highest BCUT2D eigenvalue weighted by molar-refractivity contribution is 14.1. The van der Waals surface area contributed by atoms with Gasteiger partial charge in [0.05, 0.1) is 17.1 Å². The lowest BCUT2D eigenvalue weighted by molar-refractivity contribution is 0.898. The van der Waals surface area contributed by atoms with Crippen LogP contribution in [0.4, 0.5) is 17.1 Å². The van der Waals surface area contributed by atoms with E-state index in [9.17, 15) is 0 Å². The molecule has 1 aliphatic rings. The number of hydrogen-bond acceptors (Lipinski definition) is 2. The molecule has 3 nitrogen and oxygen atoms in total. The van der Waals surface area contributed by atoms with E-state index in [1.54, 1.807) is 0 Å². The Balaban J connectivity index is 1.86. The van der Waals surface area contributed by atoms with Gasteiger partial charge in [0.1, 0.15) is 0 Å². The summed E-state index contributed by atoms with van der Waals surface area (Å²) in [5.41, 5.74) is 8.76. The zero-order valence-corrected chi connectivity index (χ0v) is 14.4. The number of halogens is 1. The molecule has 0 saturated heterocycles. The van der Waals surface area contributed by atoms with Gasteiger partial charge in [-0.1, -0.05) is 48.5 Å². The summed E-state index contributed by atoms with van der Waals surface area (Å²) in [6, 6.07) is 26.5. The van der Waals surface area contributed by atoms with Crippen LogP contribution in [-0.4, -0.2) is 5.84 Å². The van der Waals surface area contributed by atoms with Gasteiger partial charge >= 0.3 is 0 Å². The Kier molecular flexibility index (Phi) is 3.75. The van der Waals surface area contributed by atoms with Gasteiger partial charge in [0.2, 0.25) is 0 Å². The Bertz CT molecular complexity index is 860. The van der Waals surface area contributed by atoms with Crippen LogP contribution < -0.4 is 10.4 Å². The highest BCUT2D eigenvalue weighted by Crippen LogP contribution is 2.37. The van der Waals surface area contributed by atoms with Gasteiger partial charge in [-0.05, 0) is 52.9 Å². The first-order chi connectivity index (χ1) is 11.3. The standard InChI is InChI=1S/C19H13IN3/c20-15-11-12-17-18(13-15)23(16-9-5-2-6-10-16)22-19(21-17)14-7-3-1-4-8-14/h1-13H. The SMILES string of the molecule is Ic1ccc2c(c1)N(c1ccccc1)[N]C(c1ccccc1)=N2. The van der Waals surface area contributed by atoms with Gasteiger partial charge in [-0.15, -0.1) is 5.43 Å². The molecule has 0 saturated carbocycles. The molecule has 1 radical (unpaired) electrons. The number of aliphatic imine (C=N–C) groups is 1. The van der Waals surface area contributed by atoms with Crippen molar-refractivity contribution in [3.63, 3.8) is 0 Å². The first-order valence-electron chi connectivity index (χ1n) is 7.32. The average Bonchev–Trinajstić information content (AvgIpc) is 2.62. The third-order valence-electron chi connectivity index (χ3n) is 3.62. The highest BCUT2D eigenvalue weighted by Gasteiger charge is 2.23. The molecule has 0 spiro atoms. The maximum Gasteiger partial charge on any atom is 0.180 e. The molecule has 3 aromatic carbocycles. The summed E-state index contributed by atoms with van der Waals surface area (Å²) in [6.45, 7) is 0. The molecule has 0 N–H and O–H groups in total. The second kappa shape index (κ2) is 6.04. The summed E-state index contributed by atoms with van der Waals surface area (Å²) in [4.78, 5) is 4.74. The first-order valence-corrected chi connectivity index (χ1v) is 8.40.